The summed E-state index contributed by atoms with van der Waals surface area (Å²) in [5.41, 5.74) is 0.451. The summed E-state index contributed by atoms with van der Waals surface area (Å²) < 4.78 is 78.1. The van der Waals surface area contributed by atoms with Gasteiger partial charge in [0.1, 0.15) is 0 Å². The second-order valence-electron chi connectivity index (χ2n) is 10.1. The lowest BCUT2D eigenvalue weighted by Crippen LogP contribution is -2.44. The standard InChI is InChI=1S/C25H25F5N6O2/c1-35-17-5-4-14(32-21-16(26)11-31-23(34-21)36-8-6-24(27,28)7-9-36)10-15(17)18-19(22(35)37)38-12-25(29,30)20(33-18)13-2-3-13/h4-5,10-11,13,20,33H,2-3,6-9,12H2,1H3,(H,31,32,34). The smallest absolute Gasteiger partial charge is 0.301 e. The number of alkyl halides is 4. The molecule has 4 heterocycles. The van der Waals surface area contributed by atoms with Crippen LogP contribution >= 0.6 is 0 Å². The van der Waals surface area contributed by atoms with Gasteiger partial charge in [-0.25, -0.2) is 26.9 Å². The van der Waals surface area contributed by atoms with E-state index in [1.807, 2.05) is 0 Å². The highest BCUT2D eigenvalue weighted by Crippen LogP contribution is 2.45. The fourth-order valence-corrected chi connectivity index (χ4v) is 5.05. The second-order valence-corrected chi connectivity index (χ2v) is 10.1. The minimum Gasteiger partial charge on any atom is -0.480 e. The first-order valence-corrected chi connectivity index (χ1v) is 12.4. The fourth-order valence-electron chi connectivity index (χ4n) is 5.05. The van der Waals surface area contributed by atoms with Crippen LogP contribution in [0, 0.1) is 11.7 Å². The van der Waals surface area contributed by atoms with Crippen molar-refractivity contribution in [3.8, 4) is 5.75 Å². The molecule has 0 radical (unpaired) electrons. The molecule has 0 amide bonds. The zero-order valence-electron chi connectivity index (χ0n) is 20.4. The van der Waals surface area contributed by atoms with Crippen molar-refractivity contribution in [2.45, 2.75) is 43.6 Å². The van der Waals surface area contributed by atoms with Crippen molar-refractivity contribution in [2.24, 2.45) is 13.0 Å². The van der Waals surface area contributed by atoms with E-state index in [0.717, 1.165) is 6.20 Å². The van der Waals surface area contributed by atoms with E-state index in [4.69, 9.17) is 4.74 Å². The Labute approximate surface area is 213 Å². The van der Waals surface area contributed by atoms with Gasteiger partial charge in [-0.15, -0.1) is 0 Å². The first-order chi connectivity index (χ1) is 18.0. The highest BCUT2D eigenvalue weighted by Gasteiger charge is 2.51. The number of fused-ring (bicyclic) bond motifs is 3. The van der Waals surface area contributed by atoms with Crippen molar-refractivity contribution in [1.82, 2.24) is 14.5 Å². The van der Waals surface area contributed by atoms with Crippen molar-refractivity contribution in [1.29, 1.82) is 0 Å². The zero-order valence-corrected chi connectivity index (χ0v) is 20.4. The number of benzene rings is 1. The van der Waals surface area contributed by atoms with E-state index in [9.17, 15) is 26.7 Å². The number of nitrogens with one attached hydrogen (secondary N) is 2. The number of anilines is 4. The maximum atomic E-state index is 14.9. The Bertz CT molecular complexity index is 1460. The lowest BCUT2D eigenvalue weighted by Gasteiger charge is -2.31. The first-order valence-electron chi connectivity index (χ1n) is 12.4. The minimum absolute atomic E-state index is 0.0344. The number of aromatic nitrogens is 3. The molecule has 1 aromatic carbocycles. The highest BCUT2D eigenvalue weighted by atomic mass is 19.3. The normalized spacial score (nSPS) is 22.3. The fraction of sp³-hybridized carbons (Fsp3) is 0.480. The van der Waals surface area contributed by atoms with E-state index in [0.29, 0.717) is 29.4 Å². The van der Waals surface area contributed by atoms with Crippen molar-refractivity contribution in [3.63, 3.8) is 0 Å². The van der Waals surface area contributed by atoms with E-state index >= 15 is 0 Å². The monoisotopic (exact) mass is 536 g/mol. The molecule has 1 saturated carbocycles. The van der Waals surface area contributed by atoms with Crippen LogP contribution < -0.4 is 25.8 Å². The molecule has 3 aliphatic rings. The molecule has 6 rings (SSSR count). The molecule has 0 bridgehead atoms. The first kappa shape index (κ1) is 24.7. The average Bonchev–Trinajstić information content (AvgIpc) is 3.71. The number of hydrogen-bond donors (Lipinski definition) is 2. The number of rotatable bonds is 4. The maximum absolute atomic E-state index is 14.9. The van der Waals surface area contributed by atoms with Gasteiger partial charge in [-0.1, -0.05) is 0 Å². The van der Waals surface area contributed by atoms with Gasteiger partial charge in [-0.3, -0.25) is 4.79 Å². The van der Waals surface area contributed by atoms with Crippen molar-refractivity contribution >= 4 is 34.0 Å². The molecule has 202 valence electrons. The Morgan fingerprint density at radius 2 is 1.89 bits per heavy atom. The molecular weight excluding hydrogens is 511 g/mol. The molecule has 1 unspecified atom stereocenters. The number of pyridine rings is 1. The third-order valence-electron chi connectivity index (χ3n) is 7.38. The van der Waals surface area contributed by atoms with Gasteiger partial charge in [0.2, 0.25) is 11.7 Å². The number of aryl methyl sites for hydroxylation is 1. The molecule has 2 N–H and O–H groups in total. The lowest BCUT2D eigenvalue weighted by atomic mass is 10.0. The summed E-state index contributed by atoms with van der Waals surface area (Å²) in [5, 5.41) is 6.21. The topological polar surface area (TPSA) is 84.3 Å². The number of halogens is 5. The Balaban J connectivity index is 1.36. The Morgan fingerprint density at radius 1 is 1.16 bits per heavy atom. The minimum atomic E-state index is -3.17. The maximum Gasteiger partial charge on any atom is 0.301 e. The van der Waals surface area contributed by atoms with E-state index in [1.54, 1.807) is 23.1 Å². The number of hydrogen-bond acceptors (Lipinski definition) is 7. The molecule has 2 aromatic heterocycles. The Kier molecular flexibility index (Phi) is 5.65. The average molecular weight is 537 g/mol. The van der Waals surface area contributed by atoms with Crippen molar-refractivity contribution < 1.29 is 26.7 Å². The molecule has 1 saturated heterocycles. The van der Waals surface area contributed by atoms with Crippen LogP contribution in [-0.4, -0.2) is 52.1 Å². The summed E-state index contributed by atoms with van der Waals surface area (Å²) in [4.78, 5) is 22.7. The van der Waals surface area contributed by atoms with Crippen molar-refractivity contribution in [3.05, 3.63) is 40.6 Å². The molecule has 1 atom stereocenters. The van der Waals surface area contributed by atoms with Crippen LogP contribution in [0.5, 0.6) is 5.75 Å². The van der Waals surface area contributed by atoms with E-state index in [2.05, 4.69) is 20.6 Å². The van der Waals surface area contributed by atoms with Crippen LogP contribution in [0.25, 0.3) is 10.9 Å². The molecule has 2 aliphatic heterocycles. The highest BCUT2D eigenvalue weighted by molar-refractivity contribution is 5.97. The van der Waals surface area contributed by atoms with Crippen LogP contribution in [0.2, 0.25) is 0 Å². The van der Waals surface area contributed by atoms with Gasteiger partial charge >= 0.3 is 5.92 Å². The molecule has 3 aromatic rings. The van der Waals surface area contributed by atoms with E-state index < -0.39 is 35.9 Å². The summed E-state index contributed by atoms with van der Waals surface area (Å²) in [6.07, 6.45) is 1.58. The second kappa shape index (κ2) is 8.70. The van der Waals surface area contributed by atoms with Gasteiger partial charge in [0.05, 0.1) is 23.4 Å². The predicted octanol–water partition coefficient (Wildman–Crippen LogP) is 4.66. The number of piperidine rings is 1. The van der Waals surface area contributed by atoms with Gasteiger partial charge in [-0.05, 0) is 37.0 Å². The molecule has 1 aliphatic carbocycles. The van der Waals surface area contributed by atoms with Crippen LogP contribution in [0.3, 0.4) is 0 Å². The summed E-state index contributed by atoms with van der Waals surface area (Å²) in [5.74, 6) is -7.17. The van der Waals surface area contributed by atoms with E-state index in [-0.39, 0.29) is 55.1 Å². The molecule has 0 spiro atoms. The molecule has 13 heteroatoms. The van der Waals surface area contributed by atoms with Crippen LogP contribution in [-0.2, 0) is 7.05 Å². The van der Waals surface area contributed by atoms with Gasteiger partial charge in [0.15, 0.2) is 18.2 Å². The van der Waals surface area contributed by atoms with Gasteiger partial charge < -0.3 is 24.8 Å². The molecule has 8 nitrogen and oxygen atoms in total. The lowest BCUT2D eigenvalue weighted by molar-refractivity contribution is -0.0579. The van der Waals surface area contributed by atoms with Crippen LogP contribution in [0.1, 0.15) is 25.7 Å². The van der Waals surface area contributed by atoms with Crippen LogP contribution in [0.4, 0.5) is 45.1 Å². The summed E-state index contributed by atoms with van der Waals surface area (Å²) >= 11 is 0. The third kappa shape index (κ3) is 4.37. The molecule has 38 heavy (non-hydrogen) atoms. The zero-order chi connectivity index (χ0) is 26.8. The Morgan fingerprint density at radius 3 is 2.61 bits per heavy atom. The summed E-state index contributed by atoms with van der Waals surface area (Å²) in [7, 11) is 1.52. The summed E-state index contributed by atoms with van der Waals surface area (Å²) in [6, 6.07) is 3.62. The van der Waals surface area contributed by atoms with Crippen molar-refractivity contribution in [2.75, 3.05) is 35.2 Å². The van der Waals surface area contributed by atoms with E-state index in [1.165, 1.54) is 11.6 Å². The quantitative estimate of drug-likeness (QED) is 0.469. The van der Waals surface area contributed by atoms with Gasteiger partial charge in [-0.2, -0.15) is 4.98 Å². The predicted molar refractivity (Wildman–Crippen MR) is 131 cm³/mol. The summed E-state index contributed by atoms with van der Waals surface area (Å²) in [6.45, 7) is -0.844. The Hall–Kier alpha value is -3.64. The molecule has 2 fully saturated rings. The third-order valence-corrected chi connectivity index (χ3v) is 7.38. The van der Waals surface area contributed by atoms with Gasteiger partial charge in [0.25, 0.3) is 11.5 Å². The molecular formula is C25H25F5N6O2. The SMILES string of the molecule is Cn1c(=O)c2c(c3cc(Nc4nc(N5CCC(F)(F)CC5)ncc4F)ccc31)NC(C1CC1)C(F)(F)CO2. The number of ether oxygens (including phenoxy) is 1. The number of nitrogens with zero attached hydrogens (tertiary/aromatic N) is 4. The largest absolute Gasteiger partial charge is 0.480 e. The van der Waals surface area contributed by atoms with Crippen LogP contribution in [0.15, 0.2) is 29.2 Å². The van der Waals surface area contributed by atoms with Gasteiger partial charge in [0, 0.05) is 44.1 Å².